The Hall–Kier alpha value is -2.24. The van der Waals surface area contributed by atoms with Crippen molar-refractivity contribution in [3.05, 3.63) is 0 Å². The summed E-state index contributed by atoms with van der Waals surface area (Å²) in [6, 6.07) is 3.88. The number of fused-ring (bicyclic) bond motifs is 6. The zero-order valence-corrected chi connectivity index (χ0v) is 61.8. The number of ether oxygens (including phenoxy) is 5. The van der Waals surface area contributed by atoms with Crippen LogP contribution in [-0.2, 0) is 125 Å². The van der Waals surface area contributed by atoms with E-state index in [0.717, 1.165) is 31.6 Å². The van der Waals surface area contributed by atoms with Crippen LogP contribution in [0.3, 0.4) is 0 Å². The van der Waals surface area contributed by atoms with Crippen LogP contribution in [0.1, 0.15) is 107 Å². The van der Waals surface area contributed by atoms with Crippen LogP contribution in [0, 0.1) is 93.7 Å². The average Bonchev–Trinajstić information content (AvgIpc) is 1.51. The summed E-state index contributed by atoms with van der Waals surface area (Å²) in [5.74, 6) is 2.20. The van der Waals surface area contributed by atoms with Crippen molar-refractivity contribution in [1.82, 2.24) is 0 Å². The number of nitrogens with zero attached hydrogens (tertiary/aromatic N) is 2. The van der Waals surface area contributed by atoms with Crippen molar-refractivity contribution in [1.29, 1.82) is 10.5 Å². The van der Waals surface area contributed by atoms with E-state index in [4.69, 9.17) is 42.6 Å². The van der Waals surface area contributed by atoms with Crippen LogP contribution < -0.4 is 0 Å². The fourth-order valence-electron chi connectivity index (χ4n) is 19.1. The Balaban J connectivity index is 0.000000109. The molecule has 0 aromatic heterocycles. The van der Waals surface area contributed by atoms with Crippen molar-refractivity contribution in [2.75, 3.05) is 35.4 Å². The highest BCUT2D eigenvalue weighted by Crippen LogP contribution is 2.63. The maximum absolute atomic E-state index is 13.0. The number of halogens is 6. The first-order chi connectivity index (χ1) is 45.9. The van der Waals surface area contributed by atoms with E-state index in [1.807, 2.05) is 32.9 Å². The van der Waals surface area contributed by atoms with Crippen molar-refractivity contribution in [2.45, 2.75) is 235 Å². The van der Waals surface area contributed by atoms with E-state index in [2.05, 4.69) is 26.4 Å². The molecule has 19 fully saturated rings. The van der Waals surface area contributed by atoms with E-state index in [0.29, 0.717) is 64.9 Å². The molecule has 2 aliphatic carbocycles. The lowest BCUT2D eigenvalue weighted by Gasteiger charge is -2.29. The van der Waals surface area contributed by atoms with Crippen molar-refractivity contribution < 1.29 is 138 Å². The van der Waals surface area contributed by atoms with Gasteiger partial charge in [-0.15, -0.1) is 0 Å². The summed E-state index contributed by atoms with van der Waals surface area (Å²) >= 11 is 0. The maximum atomic E-state index is 13.0. The van der Waals surface area contributed by atoms with Crippen molar-refractivity contribution >= 4 is 80.1 Å². The molecule has 32 atom stereocenters. The third-order valence-electron chi connectivity index (χ3n) is 24.5. The minimum Gasteiger partial charge on any atom is -0.373 e. The van der Waals surface area contributed by atoms with Gasteiger partial charge in [0.05, 0.1) is 107 Å². The second kappa shape index (κ2) is 25.7. The predicted octanol–water partition coefficient (Wildman–Crippen LogP) is 3.17. The van der Waals surface area contributed by atoms with Gasteiger partial charge in [0, 0.05) is 36.5 Å². The average molecular weight is 1590 g/mol. The van der Waals surface area contributed by atoms with Crippen molar-refractivity contribution in [3.8, 4) is 12.1 Å². The first kappa shape index (κ1) is 77.4. The largest absolute Gasteiger partial charge is 0.413 e. The molecule has 17 saturated heterocycles. The van der Waals surface area contributed by atoms with E-state index >= 15 is 0 Å². The van der Waals surface area contributed by atoms with Gasteiger partial charge in [-0.3, -0.25) is 20.9 Å². The third-order valence-corrected chi connectivity index (χ3v) is 39.7. The van der Waals surface area contributed by atoms with Crippen LogP contribution in [0.5, 0.6) is 0 Å². The standard InChI is InChI=1S/C9H14O2S.2C8H9F3O4S.C8H9NO4S.C8H11NO4S.C8H12O3S.C5H10O2S.C4H8O3S/c1-5-6-2-7-8(5)4-12(10,11)9(7)3-6;1-3-4-2-7(8(9,10)11)6(14-4)5(3)15-16(7,12)13;1-2-4-3(8(9,10)11)7-6(14-4)5(2)15-16(7,12)13;1-3-5-4(2-9)8-7(12-5)6(3)13-14(8,10)11;1-2-6-3-8(5-9)7(13-6)4-12-14(8,10)11;1-4-5-3-12(9,10)7-2-6(4)11-8(5)7;1-5-2-3-8(6,7)4-5;1-4-2-3-8(5,6)7-4/h5-9H,2-4H2,1H3;3-6H,2H2,1H3;2-7H,1H3;3-8H,1H3;6-7H,2-4H2,1H3;4-8H,2-3H2,1H3;5H,2-4H2,1H3;4H,2-3H2,1H3. The zero-order valence-electron chi connectivity index (χ0n) is 55.3. The van der Waals surface area contributed by atoms with Gasteiger partial charge in [0.25, 0.3) is 50.6 Å². The number of nitriles is 2. The lowest BCUT2D eigenvalue weighted by Crippen LogP contribution is -2.56. The Morgan fingerprint density at radius 3 is 1.59 bits per heavy atom. The molecule has 0 amide bonds. The minimum absolute atomic E-state index is 0.00169. The summed E-state index contributed by atoms with van der Waals surface area (Å²) in [5, 5.41) is 15.5. The van der Waals surface area contributed by atoms with Crippen LogP contribution in [0.25, 0.3) is 0 Å². The van der Waals surface area contributed by atoms with Crippen molar-refractivity contribution in [2.24, 2.45) is 71.0 Å². The first-order valence-electron chi connectivity index (χ1n) is 33.4. The highest BCUT2D eigenvalue weighted by Gasteiger charge is 2.83. The monoisotopic (exact) mass is 1590 g/mol. The SMILES string of the molecule is CC1C2CC3(C(F)(F)F)C(O2)C1OS3(=O)=O.CC1C2CC3C(O2)C1CS3(=O)=O.CC1C2CC3C1CS(=O)(=O)C3C2.CC1C2OC3C1OS(=O)(=O)C3C2C#N.CC1C2OS(=O)(=O)C3C2OC1C3C(F)(F)F.CC1CCS(=O)(=O)C1.CC1CCS(=O)(=O)O1.CCC1CC2(C#N)C(COS2(=O)=O)O1. The normalized spacial score (nSPS) is 51.4. The summed E-state index contributed by atoms with van der Waals surface area (Å²) < 4.78 is 304. The fraction of sp³-hybridized carbons (Fsp3) is 0.966. The molecule has 0 spiro atoms. The summed E-state index contributed by atoms with van der Waals surface area (Å²) in [5.41, 5.74) is 0. The Bertz CT molecular complexity index is 4170. The molecule has 32 unspecified atom stereocenters. The topological polar surface area (TPSA) is 413 Å². The van der Waals surface area contributed by atoms with E-state index in [1.165, 1.54) is 13.3 Å². The number of rotatable bonds is 1. The molecule has 0 N–H and O–H groups in total. The molecular formula is C58H82F6N2O26S8. The molecule has 100 heavy (non-hydrogen) atoms. The second-order valence-corrected chi connectivity index (χ2v) is 45.9. The molecule has 0 aromatic rings. The number of sulfone groups is 3. The van der Waals surface area contributed by atoms with Gasteiger partial charge in [-0.1, -0.05) is 48.5 Å². The lowest BCUT2D eigenvalue weighted by molar-refractivity contribution is -0.189. The molecule has 570 valence electrons. The van der Waals surface area contributed by atoms with Crippen LogP contribution in [0.4, 0.5) is 26.3 Å². The Morgan fingerprint density at radius 1 is 0.520 bits per heavy atom. The molecular weight excluding hydrogens is 1510 g/mol. The summed E-state index contributed by atoms with van der Waals surface area (Å²) in [6.07, 6.45) is -12.0. The van der Waals surface area contributed by atoms with Crippen LogP contribution >= 0.6 is 0 Å². The first-order valence-corrected chi connectivity index (χ1v) is 46.0. The highest BCUT2D eigenvalue weighted by molar-refractivity contribution is 7.93. The Kier molecular flexibility index (Phi) is 19.9. The van der Waals surface area contributed by atoms with E-state index < -0.39 is 185 Å². The third kappa shape index (κ3) is 12.6. The van der Waals surface area contributed by atoms with Gasteiger partial charge in [0.2, 0.25) is 9.49 Å². The molecule has 19 aliphatic rings. The van der Waals surface area contributed by atoms with E-state index in [9.17, 15) is 93.7 Å². The Labute approximate surface area is 578 Å². The molecule has 2 saturated carbocycles. The van der Waals surface area contributed by atoms with Crippen LogP contribution in [0.15, 0.2) is 0 Å². The van der Waals surface area contributed by atoms with Crippen molar-refractivity contribution in [3.63, 3.8) is 0 Å². The molecule has 42 heteroatoms. The van der Waals surface area contributed by atoms with Gasteiger partial charge >= 0.3 is 12.4 Å². The smallest absolute Gasteiger partial charge is 0.373 e. The molecule has 0 aromatic carbocycles. The number of alkyl halides is 6. The van der Waals surface area contributed by atoms with Gasteiger partial charge in [-0.05, 0) is 81.0 Å². The van der Waals surface area contributed by atoms with Gasteiger partial charge < -0.3 is 23.7 Å². The maximum Gasteiger partial charge on any atom is 0.413 e. The molecule has 10 bridgehead atoms. The Morgan fingerprint density at radius 2 is 1.12 bits per heavy atom. The quantitative estimate of drug-likeness (QED) is 0.269. The molecule has 28 nitrogen and oxygen atoms in total. The zero-order chi connectivity index (χ0) is 73.7. The van der Waals surface area contributed by atoms with Crippen LogP contribution in [0.2, 0.25) is 0 Å². The summed E-state index contributed by atoms with van der Waals surface area (Å²) in [7, 11) is -27.3. The minimum atomic E-state index is -4.85. The van der Waals surface area contributed by atoms with Crippen LogP contribution in [-0.4, -0.2) is 231 Å². The predicted molar refractivity (Wildman–Crippen MR) is 333 cm³/mol. The van der Waals surface area contributed by atoms with Gasteiger partial charge in [0.1, 0.15) is 59.1 Å². The molecule has 19 rings (SSSR count). The van der Waals surface area contributed by atoms with E-state index in [1.54, 1.807) is 13.8 Å². The summed E-state index contributed by atoms with van der Waals surface area (Å²) in [6.45, 7) is 15.0. The fourth-order valence-corrected chi connectivity index (χ4v) is 34.6. The lowest BCUT2D eigenvalue weighted by atomic mass is 9.80. The molecule has 17 heterocycles. The molecule has 17 aliphatic heterocycles. The van der Waals surface area contributed by atoms with Gasteiger partial charge in [-0.2, -0.15) is 79.0 Å². The van der Waals surface area contributed by atoms with Gasteiger partial charge in [0.15, 0.2) is 29.5 Å². The number of hydrogen-bond acceptors (Lipinski definition) is 28. The van der Waals surface area contributed by atoms with E-state index in [-0.39, 0.29) is 77.7 Å². The molecule has 0 radical (unpaired) electrons. The van der Waals surface area contributed by atoms with Gasteiger partial charge in [-0.25, -0.2) is 25.3 Å². The number of hydrogen-bond donors (Lipinski definition) is 0. The second-order valence-electron chi connectivity index (χ2n) is 30.3. The summed E-state index contributed by atoms with van der Waals surface area (Å²) in [4.78, 5) is 0. The highest BCUT2D eigenvalue weighted by atomic mass is 32.2.